The summed E-state index contributed by atoms with van der Waals surface area (Å²) in [6.45, 7) is 8.35. The number of rotatable bonds is 8. The number of pyridine rings is 1. The third-order valence-corrected chi connectivity index (χ3v) is 7.42. The molecule has 1 aliphatic rings. The van der Waals surface area contributed by atoms with E-state index >= 15 is 0 Å². The lowest BCUT2D eigenvalue weighted by Gasteiger charge is -2.38. The molecule has 0 aliphatic carbocycles. The first-order valence-electron chi connectivity index (χ1n) is 12.4. The Hall–Kier alpha value is -3.60. The monoisotopic (exact) mass is 544 g/mol. The van der Waals surface area contributed by atoms with Crippen molar-refractivity contribution >= 4 is 23.2 Å². The van der Waals surface area contributed by atoms with Crippen molar-refractivity contribution in [2.24, 2.45) is 5.92 Å². The van der Waals surface area contributed by atoms with E-state index in [2.05, 4.69) is 10.3 Å². The third kappa shape index (κ3) is 5.62. The van der Waals surface area contributed by atoms with E-state index in [9.17, 15) is 28.3 Å². The van der Waals surface area contributed by atoms with Gasteiger partial charge < -0.3 is 19.9 Å². The van der Waals surface area contributed by atoms with Crippen molar-refractivity contribution in [1.82, 2.24) is 19.8 Å². The number of amides is 2. The number of thiazole rings is 1. The summed E-state index contributed by atoms with van der Waals surface area (Å²) in [6, 6.07) is 2.60. The molecule has 11 heteroatoms. The Bertz CT molecular complexity index is 1430. The van der Waals surface area contributed by atoms with E-state index in [-0.39, 0.29) is 59.1 Å². The summed E-state index contributed by atoms with van der Waals surface area (Å²) in [5, 5.41) is 14.1. The molecule has 2 N–H and O–H groups in total. The van der Waals surface area contributed by atoms with Crippen LogP contribution in [0.2, 0.25) is 0 Å². The fourth-order valence-electron chi connectivity index (χ4n) is 4.38. The fourth-order valence-corrected chi connectivity index (χ4v) is 5.33. The van der Waals surface area contributed by atoms with Gasteiger partial charge in [-0.15, -0.1) is 11.3 Å². The molecule has 1 atom stereocenters. The van der Waals surface area contributed by atoms with Crippen LogP contribution in [0.5, 0.6) is 5.75 Å². The second-order valence-electron chi connectivity index (χ2n) is 10.1. The average Bonchev–Trinajstić information content (AvgIpc) is 3.31. The van der Waals surface area contributed by atoms with Gasteiger partial charge in [-0.2, -0.15) is 0 Å². The predicted octanol–water partition coefficient (Wildman–Crippen LogP) is 4.11. The minimum Gasteiger partial charge on any atom is -0.503 e. The Balaban J connectivity index is 1.72. The lowest BCUT2D eigenvalue weighted by molar-refractivity contribution is -0.122. The van der Waals surface area contributed by atoms with Crippen molar-refractivity contribution in [3.63, 3.8) is 0 Å². The Morgan fingerprint density at radius 1 is 1.24 bits per heavy atom. The molecule has 2 amide bonds. The molecule has 3 aromatic rings. The van der Waals surface area contributed by atoms with Gasteiger partial charge in [0.1, 0.15) is 16.6 Å². The molecule has 0 bridgehead atoms. The number of carbonyl (C=O) groups is 2. The van der Waals surface area contributed by atoms with Gasteiger partial charge in [-0.1, -0.05) is 19.9 Å². The van der Waals surface area contributed by atoms with Crippen LogP contribution in [0.3, 0.4) is 0 Å². The van der Waals surface area contributed by atoms with Crippen molar-refractivity contribution in [3.05, 3.63) is 68.6 Å². The molecule has 0 saturated carbocycles. The fraction of sp³-hybridized carbons (Fsp3) is 0.407. The maximum Gasteiger partial charge on any atom is 0.274 e. The van der Waals surface area contributed by atoms with E-state index in [1.54, 1.807) is 0 Å². The summed E-state index contributed by atoms with van der Waals surface area (Å²) >= 11 is 1.13. The first kappa shape index (κ1) is 27.4. The van der Waals surface area contributed by atoms with E-state index in [0.717, 1.165) is 17.4 Å². The van der Waals surface area contributed by atoms with Crippen LogP contribution in [0.15, 0.2) is 35.4 Å². The van der Waals surface area contributed by atoms with E-state index < -0.39 is 34.8 Å². The Morgan fingerprint density at radius 3 is 2.63 bits per heavy atom. The lowest BCUT2D eigenvalue weighted by atomic mass is 10.0. The highest BCUT2D eigenvalue weighted by Gasteiger charge is 2.37. The number of fused-ring (bicyclic) bond motifs is 1. The summed E-state index contributed by atoms with van der Waals surface area (Å²) in [5.74, 6) is -2.49. The second-order valence-corrected chi connectivity index (χ2v) is 11.2. The Morgan fingerprint density at radius 2 is 1.97 bits per heavy atom. The maximum absolute atomic E-state index is 14.1. The van der Waals surface area contributed by atoms with Crippen molar-refractivity contribution in [2.75, 3.05) is 13.1 Å². The molecule has 0 saturated heterocycles. The maximum atomic E-state index is 14.1. The van der Waals surface area contributed by atoms with Crippen LogP contribution in [0.1, 0.15) is 61.1 Å². The van der Waals surface area contributed by atoms with Gasteiger partial charge >= 0.3 is 0 Å². The van der Waals surface area contributed by atoms with Crippen molar-refractivity contribution in [2.45, 2.75) is 52.6 Å². The summed E-state index contributed by atoms with van der Waals surface area (Å²) in [6.07, 6.45) is 3.15. The first-order chi connectivity index (χ1) is 18.0. The topological polar surface area (TPSA) is 105 Å². The number of hydrogen-bond acceptors (Lipinski definition) is 6. The highest BCUT2D eigenvalue weighted by Crippen LogP contribution is 2.33. The van der Waals surface area contributed by atoms with Crippen molar-refractivity contribution < 1.29 is 23.5 Å². The largest absolute Gasteiger partial charge is 0.503 e. The zero-order valence-corrected chi connectivity index (χ0v) is 22.4. The SMILES string of the molecule is CC(C)CNC(=O)CC1CN(C(C)C)C(=O)c2c(O)c(=O)c(-c3ncc(Cc4ccc(F)cc4F)s3)cn21. The molecular formula is C27H30F2N4O4S. The first-order valence-corrected chi connectivity index (χ1v) is 13.2. The van der Waals surface area contributed by atoms with Gasteiger partial charge in [0, 0.05) is 55.3 Å². The molecule has 202 valence electrons. The smallest absolute Gasteiger partial charge is 0.274 e. The Labute approximate surface area is 222 Å². The van der Waals surface area contributed by atoms with Crippen molar-refractivity contribution in [1.29, 1.82) is 0 Å². The van der Waals surface area contributed by atoms with Gasteiger partial charge in [-0.3, -0.25) is 14.4 Å². The van der Waals surface area contributed by atoms with E-state index in [1.807, 2.05) is 27.7 Å². The van der Waals surface area contributed by atoms with Crippen LogP contribution >= 0.6 is 11.3 Å². The summed E-state index contributed by atoms with van der Waals surface area (Å²) < 4.78 is 28.9. The average molecular weight is 545 g/mol. The number of aromatic hydroxyl groups is 1. The van der Waals surface area contributed by atoms with Gasteiger partial charge in [0.25, 0.3) is 5.91 Å². The molecule has 1 unspecified atom stereocenters. The highest BCUT2D eigenvalue weighted by molar-refractivity contribution is 7.15. The van der Waals surface area contributed by atoms with Gasteiger partial charge in [0.15, 0.2) is 11.4 Å². The van der Waals surface area contributed by atoms with E-state index in [0.29, 0.717) is 11.4 Å². The van der Waals surface area contributed by atoms with E-state index in [1.165, 1.54) is 34.0 Å². The van der Waals surface area contributed by atoms with Gasteiger partial charge in [-0.25, -0.2) is 13.8 Å². The molecule has 2 aromatic heterocycles. The van der Waals surface area contributed by atoms with Gasteiger partial charge in [0.05, 0.1) is 11.6 Å². The van der Waals surface area contributed by atoms with Crippen LogP contribution in [0, 0.1) is 17.6 Å². The molecule has 3 heterocycles. The number of aromatic nitrogens is 2. The minimum atomic E-state index is -0.757. The zero-order valence-electron chi connectivity index (χ0n) is 21.6. The predicted molar refractivity (Wildman–Crippen MR) is 140 cm³/mol. The molecule has 0 spiro atoms. The minimum absolute atomic E-state index is 0.0466. The number of nitrogens with one attached hydrogen (secondary N) is 1. The summed E-state index contributed by atoms with van der Waals surface area (Å²) in [5.41, 5.74) is -0.573. The number of benzene rings is 1. The normalized spacial score (nSPS) is 15.3. The van der Waals surface area contributed by atoms with Gasteiger partial charge in [0.2, 0.25) is 11.3 Å². The number of halogens is 2. The number of hydrogen-bond donors (Lipinski definition) is 2. The van der Waals surface area contributed by atoms with Crippen LogP contribution in [0.4, 0.5) is 8.78 Å². The van der Waals surface area contributed by atoms with Crippen LogP contribution in [-0.4, -0.2) is 50.5 Å². The van der Waals surface area contributed by atoms with Crippen LogP contribution < -0.4 is 10.7 Å². The lowest BCUT2D eigenvalue weighted by Crippen LogP contribution is -2.48. The molecule has 38 heavy (non-hydrogen) atoms. The van der Waals surface area contributed by atoms with Crippen LogP contribution in [-0.2, 0) is 11.2 Å². The summed E-state index contributed by atoms with van der Waals surface area (Å²) in [4.78, 5) is 45.6. The molecule has 0 fully saturated rings. The zero-order chi connectivity index (χ0) is 27.7. The molecule has 8 nitrogen and oxygen atoms in total. The Kier molecular flexibility index (Phi) is 7.96. The molecule has 1 aliphatic heterocycles. The second kappa shape index (κ2) is 11.0. The molecule has 4 rings (SSSR count). The van der Waals surface area contributed by atoms with Crippen LogP contribution in [0.25, 0.3) is 10.6 Å². The standard InChI is InChI=1S/C27H30F2N4O4S/c1-14(2)10-30-22(34)9-18-12-32(15(3)4)27(37)23-25(36)24(35)20(13-33(18)23)26-31-11-19(38-26)7-16-5-6-17(28)8-21(16)29/h5-6,8,11,13-15,18,36H,7,9-10,12H2,1-4H3,(H,30,34). The number of carbonyl (C=O) groups excluding carboxylic acids is 2. The summed E-state index contributed by atoms with van der Waals surface area (Å²) in [7, 11) is 0. The van der Waals surface area contributed by atoms with Crippen molar-refractivity contribution in [3.8, 4) is 16.3 Å². The third-order valence-electron chi connectivity index (χ3n) is 6.39. The quantitative estimate of drug-likeness (QED) is 0.444. The molecule has 1 aromatic carbocycles. The highest BCUT2D eigenvalue weighted by atomic mass is 32.1. The van der Waals surface area contributed by atoms with E-state index in [4.69, 9.17) is 0 Å². The molecule has 0 radical (unpaired) electrons. The molecular weight excluding hydrogens is 514 g/mol. The number of nitrogens with zero attached hydrogens (tertiary/aromatic N) is 3. The van der Waals surface area contributed by atoms with Gasteiger partial charge in [-0.05, 0) is 31.4 Å².